The number of aliphatic imine (C=N–C) groups is 1. The summed E-state index contributed by atoms with van der Waals surface area (Å²) in [6.07, 6.45) is 2.24. The average molecular weight is 510 g/mol. The molecule has 2 N–H and O–H groups in total. The van der Waals surface area contributed by atoms with Crippen LogP contribution in [0.5, 0.6) is 0 Å². The molecule has 28 heavy (non-hydrogen) atoms. The Labute approximate surface area is 186 Å². The van der Waals surface area contributed by atoms with Crippen LogP contribution in [0.25, 0.3) is 0 Å². The molecule has 0 aliphatic heterocycles. The van der Waals surface area contributed by atoms with E-state index in [1.807, 2.05) is 25.1 Å². The van der Waals surface area contributed by atoms with Gasteiger partial charge in [-0.25, -0.2) is 4.39 Å². The van der Waals surface area contributed by atoms with Crippen molar-refractivity contribution in [1.29, 1.82) is 0 Å². The maximum Gasteiger partial charge on any atom is 0.191 e. The number of nitrogens with one attached hydrogen (secondary N) is 2. The maximum absolute atomic E-state index is 13.8. The standard InChI is InChI=1S/C20H35FN4O2.HI/c1-5-6-10-26-12-13-27-11-9-23-20(22-2)24-15-17-7-8-19(21)18(14-17)16-25(3)4;/h7-8,14H,5-6,9-13,15-16H2,1-4H3,(H2,22,23,24);1H. The van der Waals surface area contributed by atoms with Gasteiger partial charge in [0.2, 0.25) is 0 Å². The highest BCUT2D eigenvalue weighted by atomic mass is 127. The molecule has 8 heteroatoms. The lowest BCUT2D eigenvalue weighted by Gasteiger charge is -2.14. The van der Waals surface area contributed by atoms with Gasteiger partial charge in [0.15, 0.2) is 5.96 Å². The van der Waals surface area contributed by atoms with Crippen LogP contribution in [0.15, 0.2) is 23.2 Å². The first-order valence-corrected chi connectivity index (χ1v) is 9.58. The van der Waals surface area contributed by atoms with Gasteiger partial charge in [-0.1, -0.05) is 19.4 Å². The summed E-state index contributed by atoms with van der Waals surface area (Å²) in [5.41, 5.74) is 1.70. The number of benzene rings is 1. The number of halogens is 2. The van der Waals surface area contributed by atoms with Crippen molar-refractivity contribution in [3.63, 3.8) is 0 Å². The van der Waals surface area contributed by atoms with Crippen molar-refractivity contribution in [2.45, 2.75) is 32.9 Å². The Bertz CT molecular complexity index is 559. The van der Waals surface area contributed by atoms with E-state index in [-0.39, 0.29) is 29.8 Å². The van der Waals surface area contributed by atoms with E-state index in [0.29, 0.717) is 51.0 Å². The molecule has 6 nitrogen and oxygen atoms in total. The predicted molar refractivity (Wildman–Crippen MR) is 124 cm³/mol. The minimum atomic E-state index is -0.175. The van der Waals surface area contributed by atoms with Gasteiger partial charge in [0.05, 0.1) is 19.8 Å². The first-order valence-electron chi connectivity index (χ1n) is 9.58. The van der Waals surface area contributed by atoms with Crippen LogP contribution in [0.1, 0.15) is 30.9 Å². The molecule has 0 saturated carbocycles. The number of unbranched alkanes of at least 4 members (excludes halogenated alkanes) is 1. The van der Waals surface area contributed by atoms with Gasteiger partial charge in [-0.2, -0.15) is 0 Å². The van der Waals surface area contributed by atoms with Gasteiger partial charge in [0.1, 0.15) is 5.82 Å². The Morgan fingerprint density at radius 2 is 1.82 bits per heavy atom. The molecule has 0 atom stereocenters. The van der Waals surface area contributed by atoms with Gasteiger partial charge in [0.25, 0.3) is 0 Å². The fourth-order valence-corrected chi connectivity index (χ4v) is 2.42. The number of nitrogens with zero attached hydrogens (tertiary/aromatic N) is 2. The summed E-state index contributed by atoms with van der Waals surface area (Å²) in [6, 6.07) is 5.19. The maximum atomic E-state index is 13.8. The Balaban J connectivity index is 0.00000729. The fourth-order valence-electron chi connectivity index (χ4n) is 2.42. The Morgan fingerprint density at radius 3 is 2.46 bits per heavy atom. The Kier molecular flexibility index (Phi) is 16.4. The molecule has 0 aromatic heterocycles. The monoisotopic (exact) mass is 510 g/mol. The minimum Gasteiger partial charge on any atom is -0.379 e. The van der Waals surface area contributed by atoms with Crippen LogP contribution < -0.4 is 10.6 Å². The van der Waals surface area contributed by atoms with Crippen molar-refractivity contribution in [3.05, 3.63) is 35.1 Å². The summed E-state index contributed by atoms with van der Waals surface area (Å²) < 4.78 is 24.8. The third-order valence-corrected chi connectivity index (χ3v) is 3.83. The van der Waals surface area contributed by atoms with Gasteiger partial charge in [-0.05, 0) is 38.2 Å². The van der Waals surface area contributed by atoms with Crippen LogP contribution in [-0.2, 0) is 22.6 Å². The van der Waals surface area contributed by atoms with Crippen LogP contribution in [0, 0.1) is 5.82 Å². The minimum absolute atomic E-state index is 0. The molecule has 1 rings (SSSR count). The normalized spacial score (nSPS) is 11.4. The van der Waals surface area contributed by atoms with Crippen molar-refractivity contribution in [2.24, 2.45) is 4.99 Å². The third-order valence-electron chi connectivity index (χ3n) is 3.83. The van der Waals surface area contributed by atoms with E-state index in [2.05, 4.69) is 22.5 Å². The lowest BCUT2D eigenvalue weighted by molar-refractivity contribution is 0.0487. The van der Waals surface area contributed by atoms with Crippen LogP contribution in [0.3, 0.4) is 0 Å². The van der Waals surface area contributed by atoms with Crippen molar-refractivity contribution >= 4 is 29.9 Å². The van der Waals surface area contributed by atoms with E-state index in [1.165, 1.54) is 6.07 Å². The third kappa shape index (κ3) is 12.5. The number of hydrogen-bond donors (Lipinski definition) is 2. The second-order valence-electron chi connectivity index (χ2n) is 6.59. The highest BCUT2D eigenvalue weighted by Gasteiger charge is 2.06. The number of rotatable bonds is 13. The van der Waals surface area contributed by atoms with E-state index in [9.17, 15) is 4.39 Å². The molecule has 0 radical (unpaired) electrons. The average Bonchev–Trinajstić information content (AvgIpc) is 2.64. The Morgan fingerprint density at radius 1 is 1.11 bits per heavy atom. The molecule has 162 valence electrons. The lowest BCUT2D eigenvalue weighted by atomic mass is 10.1. The van der Waals surface area contributed by atoms with Crippen molar-refractivity contribution in [1.82, 2.24) is 15.5 Å². The van der Waals surface area contributed by atoms with Crippen molar-refractivity contribution in [2.75, 3.05) is 54.1 Å². The molecule has 0 unspecified atom stereocenters. The van der Waals surface area contributed by atoms with Crippen molar-refractivity contribution < 1.29 is 13.9 Å². The van der Waals surface area contributed by atoms with Crippen LogP contribution in [0.4, 0.5) is 4.39 Å². The summed E-state index contributed by atoms with van der Waals surface area (Å²) in [4.78, 5) is 6.14. The molecule has 1 aromatic carbocycles. The van der Waals surface area contributed by atoms with E-state index < -0.39 is 0 Å². The van der Waals surface area contributed by atoms with E-state index in [4.69, 9.17) is 9.47 Å². The van der Waals surface area contributed by atoms with E-state index in [1.54, 1.807) is 13.1 Å². The number of hydrogen-bond acceptors (Lipinski definition) is 4. The molecule has 0 aliphatic rings. The first kappa shape index (κ1) is 27.0. The number of guanidine groups is 1. The summed E-state index contributed by atoms with van der Waals surface area (Å²) in [5, 5.41) is 6.43. The molecular weight excluding hydrogens is 474 g/mol. The quantitative estimate of drug-likeness (QED) is 0.185. The molecule has 1 aromatic rings. The summed E-state index contributed by atoms with van der Waals surface area (Å²) in [5.74, 6) is 0.516. The summed E-state index contributed by atoms with van der Waals surface area (Å²) >= 11 is 0. The van der Waals surface area contributed by atoms with Gasteiger partial charge in [0, 0.05) is 38.9 Å². The molecule has 0 fully saturated rings. The zero-order valence-electron chi connectivity index (χ0n) is 17.6. The molecule has 0 aliphatic carbocycles. The largest absolute Gasteiger partial charge is 0.379 e. The van der Waals surface area contributed by atoms with E-state index >= 15 is 0 Å². The van der Waals surface area contributed by atoms with Gasteiger partial charge < -0.3 is 25.0 Å². The summed E-state index contributed by atoms with van der Waals surface area (Å²) in [6.45, 7) is 6.57. The summed E-state index contributed by atoms with van der Waals surface area (Å²) in [7, 11) is 5.57. The molecule has 0 heterocycles. The first-order chi connectivity index (χ1) is 13.1. The van der Waals surface area contributed by atoms with E-state index in [0.717, 1.165) is 25.0 Å². The zero-order valence-corrected chi connectivity index (χ0v) is 19.9. The van der Waals surface area contributed by atoms with Crippen molar-refractivity contribution in [3.8, 4) is 0 Å². The van der Waals surface area contributed by atoms with Gasteiger partial charge >= 0.3 is 0 Å². The molecule has 0 spiro atoms. The molecule has 0 bridgehead atoms. The van der Waals surface area contributed by atoms with Crippen LogP contribution in [-0.4, -0.2) is 65.0 Å². The highest BCUT2D eigenvalue weighted by Crippen LogP contribution is 2.12. The topological polar surface area (TPSA) is 58.1 Å². The van der Waals surface area contributed by atoms with Crippen LogP contribution >= 0.6 is 24.0 Å². The number of ether oxygens (including phenoxy) is 2. The molecular formula is C20H36FIN4O2. The second-order valence-corrected chi connectivity index (χ2v) is 6.59. The van der Waals surface area contributed by atoms with Gasteiger partial charge in [-0.15, -0.1) is 24.0 Å². The van der Waals surface area contributed by atoms with Crippen LogP contribution in [0.2, 0.25) is 0 Å². The predicted octanol–water partition coefficient (Wildman–Crippen LogP) is 3.00. The highest BCUT2D eigenvalue weighted by molar-refractivity contribution is 14.0. The fraction of sp³-hybridized carbons (Fsp3) is 0.650. The lowest BCUT2D eigenvalue weighted by Crippen LogP contribution is -2.38. The zero-order chi connectivity index (χ0) is 19.9. The SMILES string of the molecule is CCCCOCCOCCNC(=NC)NCc1ccc(F)c(CN(C)C)c1.I. The Hall–Kier alpha value is -0.970. The smallest absolute Gasteiger partial charge is 0.191 e. The second kappa shape index (κ2) is 16.9. The van der Waals surface area contributed by atoms with Gasteiger partial charge in [-0.3, -0.25) is 4.99 Å². The molecule has 0 saturated heterocycles. The molecule has 0 amide bonds.